The van der Waals surface area contributed by atoms with Crippen LogP contribution in [0.15, 0.2) is 18.2 Å². The van der Waals surface area contributed by atoms with Gasteiger partial charge in [0.2, 0.25) is 0 Å². The van der Waals surface area contributed by atoms with Crippen molar-refractivity contribution in [3.05, 3.63) is 29.6 Å². The van der Waals surface area contributed by atoms with Gasteiger partial charge < -0.3 is 10.4 Å². The summed E-state index contributed by atoms with van der Waals surface area (Å²) in [6.45, 7) is 10.5. The molecule has 0 fully saturated rings. The first kappa shape index (κ1) is 15.6. The summed E-state index contributed by atoms with van der Waals surface area (Å²) in [5.74, 6) is 0.892. The Hall–Kier alpha value is -1.42. The van der Waals surface area contributed by atoms with Crippen LogP contribution in [0.25, 0.3) is 0 Å². The van der Waals surface area contributed by atoms with Gasteiger partial charge in [0.25, 0.3) is 0 Å². The van der Waals surface area contributed by atoms with E-state index in [4.69, 9.17) is 5.11 Å². The second-order valence-electron chi connectivity index (χ2n) is 5.60. The number of aromatic carboxylic acids is 1. The third-order valence-corrected chi connectivity index (χ3v) is 3.42. The monoisotopic (exact) mass is 264 g/mol. The molecule has 1 heterocycles. The maximum absolute atomic E-state index is 10.8. The molecular formula is C15H24N2O2. The summed E-state index contributed by atoms with van der Waals surface area (Å²) in [5.41, 5.74) is 0.870. The molecule has 0 spiro atoms. The van der Waals surface area contributed by atoms with E-state index in [2.05, 4.69) is 38.0 Å². The fourth-order valence-corrected chi connectivity index (χ4v) is 2.31. The van der Waals surface area contributed by atoms with Crippen molar-refractivity contribution in [2.45, 2.75) is 34.2 Å². The molecule has 0 unspecified atom stereocenters. The lowest BCUT2D eigenvalue weighted by Gasteiger charge is -2.25. The van der Waals surface area contributed by atoms with E-state index in [0.29, 0.717) is 24.3 Å². The van der Waals surface area contributed by atoms with Crippen LogP contribution in [0, 0.1) is 17.8 Å². The number of nitrogens with zero attached hydrogens (tertiary/aromatic N) is 1. The number of nitrogens with one attached hydrogen (secondary N) is 1. The van der Waals surface area contributed by atoms with Gasteiger partial charge in [-0.3, -0.25) is 0 Å². The zero-order chi connectivity index (χ0) is 14.4. The second-order valence-corrected chi connectivity index (χ2v) is 5.60. The van der Waals surface area contributed by atoms with Gasteiger partial charge in [-0.25, -0.2) is 9.78 Å². The minimum absolute atomic E-state index is 0.101. The molecule has 1 aromatic rings. The van der Waals surface area contributed by atoms with Gasteiger partial charge in [-0.2, -0.15) is 0 Å². The Labute approximate surface area is 115 Å². The van der Waals surface area contributed by atoms with Gasteiger partial charge in [-0.15, -0.1) is 0 Å². The Bertz CT molecular complexity index is 408. The lowest BCUT2D eigenvalue weighted by atomic mass is 9.85. The number of carboxylic acids is 1. The van der Waals surface area contributed by atoms with E-state index in [9.17, 15) is 4.79 Å². The quantitative estimate of drug-likeness (QED) is 0.795. The van der Waals surface area contributed by atoms with Gasteiger partial charge in [-0.05, 0) is 36.4 Å². The maximum atomic E-state index is 10.8. The van der Waals surface area contributed by atoms with Gasteiger partial charge in [0, 0.05) is 6.54 Å². The highest BCUT2D eigenvalue weighted by atomic mass is 16.4. The van der Waals surface area contributed by atoms with Crippen LogP contribution in [0.3, 0.4) is 0 Å². The van der Waals surface area contributed by atoms with E-state index < -0.39 is 5.97 Å². The van der Waals surface area contributed by atoms with Crippen LogP contribution >= 0.6 is 0 Å². The fourth-order valence-electron chi connectivity index (χ4n) is 2.31. The van der Waals surface area contributed by atoms with Crippen molar-refractivity contribution in [1.82, 2.24) is 10.3 Å². The minimum Gasteiger partial charge on any atom is -0.477 e. The predicted molar refractivity (Wildman–Crippen MR) is 76.1 cm³/mol. The lowest BCUT2D eigenvalue weighted by molar-refractivity contribution is 0.0690. The molecule has 0 aliphatic rings. The molecule has 1 aromatic heterocycles. The Morgan fingerprint density at radius 1 is 1.26 bits per heavy atom. The van der Waals surface area contributed by atoms with Crippen molar-refractivity contribution in [3.8, 4) is 0 Å². The normalized spacial score (nSPS) is 11.5. The van der Waals surface area contributed by atoms with E-state index in [1.54, 1.807) is 6.07 Å². The van der Waals surface area contributed by atoms with Crippen LogP contribution in [0.1, 0.15) is 43.9 Å². The average molecular weight is 264 g/mol. The van der Waals surface area contributed by atoms with E-state index in [1.807, 2.05) is 6.07 Å². The molecule has 0 bridgehead atoms. The summed E-state index contributed by atoms with van der Waals surface area (Å²) in [6, 6.07) is 5.09. The molecule has 1 rings (SSSR count). The Balaban J connectivity index is 2.53. The molecule has 0 radical (unpaired) electrons. The highest BCUT2D eigenvalue weighted by Gasteiger charge is 2.16. The second kappa shape index (κ2) is 7.24. The number of pyridine rings is 1. The van der Waals surface area contributed by atoms with Crippen molar-refractivity contribution in [2.75, 3.05) is 6.54 Å². The lowest BCUT2D eigenvalue weighted by Crippen LogP contribution is -2.29. The molecular weight excluding hydrogens is 240 g/mol. The molecule has 0 aromatic carbocycles. The number of hydrogen-bond acceptors (Lipinski definition) is 3. The van der Waals surface area contributed by atoms with Gasteiger partial charge in [0.1, 0.15) is 5.69 Å². The summed E-state index contributed by atoms with van der Waals surface area (Å²) in [7, 11) is 0. The molecule has 4 heteroatoms. The minimum atomic E-state index is -0.982. The van der Waals surface area contributed by atoms with Crippen molar-refractivity contribution in [2.24, 2.45) is 17.8 Å². The summed E-state index contributed by atoms with van der Waals surface area (Å²) in [6.07, 6.45) is 0. The highest BCUT2D eigenvalue weighted by Crippen LogP contribution is 2.19. The van der Waals surface area contributed by atoms with Gasteiger partial charge in [0.15, 0.2) is 0 Å². The van der Waals surface area contributed by atoms with E-state index in [1.165, 1.54) is 6.07 Å². The van der Waals surface area contributed by atoms with Gasteiger partial charge in [0.05, 0.1) is 5.69 Å². The predicted octanol–water partition coefficient (Wildman–Crippen LogP) is 2.80. The molecule has 0 amide bonds. The Morgan fingerprint density at radius 3 is 2.42 bits per heavy atom. The summed E-state index contributed by atoms with van der Waals surface area (Å²) >= 11 is 0. The van der Waals surface area contributed by atoms with Crippen molar-refractivity contribution < 1.29 is 9.90 Å². The zero-order valence-corrected chi connectivity index (χ0v) is 12.2. The Morgan fingerprint density at radius 2 is 1.89 bits per heavy atom. The fraction of sp³-hybridized carbons (Fsp3) is 0.600. The van der Waals surface area contributed by atoms with Gasteiger partial charge >= 0.3 is 5.97 Å². The van der Waals surface area contributed by atoms with Crippen LogP contribution in [-0.2, 0) is 6.54 Å². The molecule has 0 saturated heterocycles. The van der Waals surface area contributed by atoms with Crippen LogP contribution in [0.5, 0.6) is 0 Å². The average Bonchev–Trinajstić information content (AvgIpc) is 2.34. The standard InChI is InChI=1S/C15H24N2O2/c1-10(2)13(11(3)4)9-16-8-12-6-5-7-14(17-12)15(18)19/h5-7,10-11,13,16H,8-9H2,1-4H3,(H,18,19). The number of aromatic nitrogens is 1. The smallest absolute Gasteiger partial charge is 0.354 e. The summed E-state index contributed by atoms with van der Waals surface area (Å²) in [5, 5.41) is 12.3. The third kappa shape index (κ3) is 4.99. The molecule has 0 saturated carbocycles. The first-order chi connectivity index (χ1) is 8.91. The number of carbonyl (C=O) groups is 1. The molecule has 19 heavy (non-hydrogen) atoms. The topological polar surface area (TPSA) is 62.2 Å². The Kier molecular flexibility index (Phi) is 5.96. The van der Waals surface area contributed by atoms with E-state index in [0.717, 1.165) is 12.2 Å². The van der Waals surface area contributed by atoms with Crippen LogP contribution < -0.4 is 5.32 Å². The molecule has 0 aliphatic carbocycles. The van der Waals surface area contributed by atoms with E-state index >= 15 is 0 Å². The van der Waals surface area contributed by atoms with Gasteiger partial charge in [-0.1, -0.05) is 33.8 Å². The van der Waals surface area contributed by atoms with E-state index in [-0.39, 0.29) is 5.69 Å². The van der Waals surface area contributed by atoms with Crippen LogP contribution in [0.4, 0.5) is 0 Å². The number of rotatable bonds is 7. The first-order valence-electron chi connectivity index (χ1n) is 6.81. The molecule has 106 valence electrons. The highest BCUT2D eigenvalue weighted by molar-refractivity contribution is 5.85. The third-order valence-electron chi connectivity index (χ3n) is 3.42. The van der Waals surface area contributed by atoms with Crippen LogP contribution in [0.2, 0.25) is 0 Å². The zero-order valence-electron chi connectivity index (χ0n) is 12.2. The molecule has 0 atom stereocenters. The summed E-state index contributed by atoms with van der Waals surface area (Å²) in [4.78, 5) is 14.9. The largest absolute Gasteiger partial charge is 0.477 e. The number of hydrogen-bond donors (Lipinski definition) is 2. The first-order valence-corrected chi connectivity index (χ1v) is 6.81. The van der Waals surface area contributed by atoms with Crippen molar-refractivity contribution >= 4 is 5.97 Å². The number of carboxylic acid groups (broad SMARTS) is 1. The molecule has 4 nitrogen and oxygen atoms in total. The van der Waals surface area contributed by atoms with Crippen molar-refractivity contribution in [1.29, 1.82) is 0 Å². The maximum Gasteiger partial charge on any atom is 0.354 e. The SMILES string of the molecule is CC(C)C(CNCc1cccc(C(=O)O)n1)C(C)C. The summed E-state index contributed by atoms with van der Waals surface area (Å²) < 4.78 is 0. The molecule has 2 N–H and O–H groups in total. The van der Waals surface area contributed by atoms with Crippen LogP contribution in [-0.4, -0.2) is 22.6 Å². The molecule has 0 aliphatic heterocycles. The van der Waals surface area contributed by atoms with Crippen molar-refractivity contribution in [3.63, 3.8) is 0 Å².